The first-order valence-electron chi connectivity index (χ1n) is 5.62. The van der Waals surface area contributed by atoms with E-state index in [1.165, 1.54) is 4.68 Å². The van der Waals surface area contributed by atoms with Crippen LogP contribution in [0.25, 0.3) is 11.6 Å². The summed E-state index contributed by atoms with van der Waals surface area (Å²) in [5.74, 6) is 1.15. The highest BCUT2D eigenvalue weighted by molar-refractivity contribution is 7.71. The average Bonchev–Trinajstić information content (AvgIpc) is 3.09. The smallest absolute Gasteiger partial charge is 0.219 e. The van der Waals surface area contributed by atoms with E-state index in [-0.39, 0.29) is 0 Å². The number of aromatic amines is 1. The van der Waals surface area contributed by atoms with Gasteiger partial charge in [0.25, 0.3) is 0 Å². The van der Waals surface area contributed by atoms with Crippen LogP contribution in [-0.2, 0) is 7.05 Å². The van der Waals surface area contributed by atoms with Gasteiger partial charge in [-0.1, -0.05) is 0 Å². The molecule has 0 aromatic carbocycles. The molecular weight excluding hydrogens is 262 g/mol. The summed E-state index contributed by atoms with van der Waals surface area (Å²) in [6.07, 6.45) is 5.25. The summed E-state index contributed by atoms with van der Waals surface area (Å²) in [5.41, 5.74) is 0.966. The van der Waals surface area contributed by atoms with Gasteiger partial charge in [-0.2, -0.15) is 9.78 Å². The van der Waals surface area contributed by atoms with Crippen molar-refractivity contribution in [3.63, 3.8) is 0 Å². The molecule has 0 fully saturated rings. The second-order valence-electron chi connectivity index (χ2n) is 3.93. The van der Waals surface area contributed by atoms with Gasteiger partial charge in [0.1, 0.15) is 0 Å². The van der Waals surface area contributed by atoms with Crippen molar-refractivity contribution < 1.29 is 4.42 Å². The van der Waals surface area contributed by atoms with E-state index >= 15 is 0 Å². The molecule has 6 nitrogen and oxygen atoms in total. The molecule has 96 valence electrons. The van der Waals surface area contributed by atoms with Gasteiger partial charge in [0, 0.05) is 13.2 Å². The maximum Gasteiger partial charge on any atom is 0.219 e. The summed E-state index contributed by atoms with van der Waals surface area (Å²) < 4.78 is 9.21. The van der Waals surface area contributed by atoms with Crippen LogP contribution in [-0.4, -0.2) is 25.7 Å². The van der Waals surface area contributed by atoms with Crippen LogP contribution in [0.5, 0.6) is 0 Å². The molecule has 1 N–H and O–H groups in total. The van der Waals surface area contributed by atoms with Crippen molar-refractivity contribution in [3.8, 4) is 11.6 Å². The minimum atomic E-state index is 0.414. The molecule has 0 amide bonds. The van der Waals surface area contributed by atoms with Crippen LogP contribution in [0.4, 0.5) is 0 Å². The molecule has 3 aromatic heterocycles. The van der Waals surface area contributed by atoms with Crippen molar-refractivity contribution in [2.24, 2.45) is 12.1 Å². The Bertz CT molecular complexity index is 762. The predicted molar refractivity (Wildman–Crippen MR) is 73.5 cm³/mol. The molecule has 3 rings (SSSR count). The minimum absolute atomic E-state index is 0.414. The monoisotopic (exact) mass is 273 g/mol. The molecule has 0 atom stereocenters. The maximum atomic E-state index is 5.31. The molecular formula is C12H11N5OS. The summed E-state index contributed by atoms with van der Waals surface area (Å²) in [7, 11) is 1.95. The third-order valence-corrected chi connectivity index (χ3v) is 2.95. The van der Waals surface area contributed by atoms with Crippen molar-refractivity contribution in [3.05, 3.63) is 47.2 Å². The fourth-order valence-electron chi connectivity index (χ4n) is 1.69. The van der Waals surface area contributed by atoms with Gasteiger partial charge in [0.05, 0.1) is 18.2 Å². The summed E-state index contributed by atoms with van der Waals surface area (Å²) in [4.78, 5) is 0. The summed E-state index contributed by atoms with van der Waals surface area (Å²) in [5, 5.41) is 11.2. The maximum absolute atomic E-state index is 5.31. The van der Waals surface area contributed by atoms with Gasteiger partial charge in [-0.25, -0.2) is 5.10 Å². The van der Waals surface area contributed by atoms with Crippen LogP contribution >= 0.6 is 12.2 Å². The van der Waals surface area contributed by atoms with Crippen molar-refractivity contribution in [1.82, 2.24) is 19.4 Å². The Balaban J connectivity index is 2.02. The van der Waals surface area contributed by atoms with E-state index in [1.807, 2.05) is 29.9 Å². The van der Waals surface area contributed by atoms with Gasteiger partial charge in [-0.15, -0.1) is 5.10 Å². The SMILES string of the molecule is Cn1cccc1/C=N\n1c(-c2ccco2)n[nH]c1=S. The largest absolute Gasteiger partial charge is 0.461 e. The lowest BCUT2D eigenvalue weighted by Crippen LogP contribution is -1.97. The Kier molecular flexibility index (Phi) is 2.88. The van der Waals surface area contributed by atoms with E-state index in [2.05, 4.69) is 15.3 Å². The van der Waals surface area contributed by atoms with Crippen LogP contribution in [0.1, 0.15) is 5.69 Å². The zero-order chi connectivity index (χ0) is 13.2. The zero-order valence-electron chi connectivity index (χ0n) is 10.1. The summed E-state index contributed by atoms with van der Waals surface area (Å²) in [6, 6.07) is 7.50. The molecule has 0 saturated heterocycles. The lowest BCUT2D eigenvalue weighted by atomic mass is 10.4. The van der Waals surface area contributed by atoms with E-state index in [1.54, 1.807) is 24.6 Å². The topological polar surface area (TPSA) is 64.0 Å². The van der Waals surface area contributed by atoms with Gasteiger partial charge in [0.2, 0.25) is 10.6 Å². The summed E-state index contributed by atoms with van der Waals surface area (Å²) in [6.45, 7) is 0. The molecule has 0 aliphatic rings. The van der Waals surface area contributed by atoms with Crippen LogP contribution < -0.4 is 0 Å². The Hall–Kier alpha value is -2.41. The highest BCUT2D eigenvalue weighted by Crippen LogP contribution is 2.17. The lowest BCUT2D eigenvalue weighted by Gasteiger charge is -1.98. The van der Waals surface area contributed by atoms with E-state index < -0.39 is 0 Å². The Morgan fingerprint density at radius 2 is 2.32 bits per heavy atom. The standard InChI is InChI=1S/C12H11N5OS/c1-16-6-2-4-9(16)8-13-17-11(14-15-12(17)19)10-5-3-7-18-10/h2-8H,1H3,(H,15,19)/b13-8-. The second-order valence-corrected chi connectivity index (χ2v) is 4.32. The number of hydrogen-bond acceptors (Lipinski definition) is 4. The van der Waals surface area contributed by atoms with E-state index in [0.717, 1.165) is 5.69 Å². The quantitative estimate of drug-likeness (QED) is 0.589. The van der Waals surface area contributed by atoms with E-state index in [9.17, 15) is 0 Å². The van der Waals surface area contributed by atoms with Gasteiger partial charge in [0.15, 0.2) is 5.76 Å². The number of furan rings is 1. The zero-order valence-corrected chi connectivity index (χ0v) is 11.0. The first-order valence-corrected chi connectivity index (χ1v) is 6.03. The Labute approximate surface area is 114 Å². The van der Waals surface area contributed by atoms with Gasteiger partial charge < -0.3 is 8.98 Å². The molecule has 3 heterocycles. The third kappa shape index (κ3) is 2.15. The number of aromatic nitrogens is 4. The normalized spacial score (nSPS) is 11.4. The molecule has 7 heteroatoms. The highest BCUT2D eigenvalue weighted by atomic mass is 32.1. The first kappa shape index (κ1) is 11.7. The molecule has 0 bridgehead atoms. The molecule has 0 unspecified atom stereocenters. The fourth-order valence-corrected chi connectivity index (χ4v) is 1.87. The number of rotatable bonds is 3. The Morgan fingerprint density at radius 3 is 3.00 bits per heavy atom. The van der Waals surface area contributed by atoms with Crippen LogP contribution in [0.3, 0.4) is 0 Å². The second kappa shape index (κ2) is 4.69. The molecule has 3 aromatic rings. The third-order valence-electron chi connectivity index (χ3n) is 2.68. The molecule has 0 aliphatic heterocycles. The molecule has 0 spiro atoms. The van der Waals surface area contributed by atoms with Crippen LogP contribution in [0, 0.1) is 4.77 Å². The van der Waals surface area contributed by atoms with Crippen molar-refractivity contribution in [1.29, 1.82) is 0 Å². The minimum Gasteiger partial charge on any atom is -0.461 e. The van der Waals surface area contributed by atoms with Crippen molar-refractivity contribution >= 4 is 18.4 Å². The van der Waals surface area contributed by atoms with E-state index in [4.69, 9.17) is 16.6 Å². The fraction of sp³-hybridized carbons (Fsp3) is 0.0833. The number of H-pyrrole nitrogens is 1. The first-order chi connectivity index (χ1) is 9.25. The highest BCUT2D eigenvalue weighted by Gasteiger charge is 2.10. The molecule has 19 heavy (non-hydrogen) atoms. The van der Waals surface area contributed by atoms with Gasteiger partial charge in [-0.05, 0) is 36.5 Å². The lowest BCUT2D eigenvalue weighted by molar-refractivity contribution is 0.573. The summed E-state index contributed by atoms with van der Waals surface area (Å²) >= 11 is 5.16. The Morgan fingerprint density at radius 1 is 1.42 bits per heavy atom. The van der Waals surface area contributed by atoms with Gasteiger partial charge in [-0.3, -0.25) is 0 Å². The predicted octanol–water partition coefficient (Wildman–Crippen LogP) is 2.42. The van der Waals surface area contributed by atoms with Crippen molar-refractivity contribution in [2.75, 3.05) is 0 Å². The van der Waals surface area contributed by atoms with Crippen LogP contribution in [0.2, 0.25) is 0 Å². The number of nitrogens with one attached hydrogen (secondary N) is 1. The number of hydrogen-bond donors (Lipinski definition) is 1. The molecule has 0 saturated carbocycles. The van der Waals surface area contributed by atoms with Crippen molar-refractivity contribution in [2.45, 2.75) is 0 Å². The van der Waals surface area contributed by atoms with E-state index in [0.29, 0.717) is 16.4 Å². The van der Waals surface area contributed by atoms with Gasteiger partial charge >= 0.3 is 0 Å². The number of nitrogens with zero attached hydrogens (tertiary/aromatic N) is 4. The molecule has 0 radical (unpaired) electrons. The number of aryl methyl sites for hydroxylation is 1. The molecule has 0 aliphatic carbocycles. The average molecular weight is 273 g/mol. The van der Waals surface area contributed by atoms with Crippen LogP contribution in [0.15, 0.2) is 46.2 Å².